The van der Waals surface area contributed by atoms with Gasteiger partial charge in [-0.15, -0.1) is 0 Å². The summed E-state index contributed by atoms with van der Waals surface area (Å²) in [5.74, 6) is -0.786. The molecule has 0 spiro atoms. The van der Waals surface area contributed by atoms with Crippen molar-refractivity contribution in [2.45, 2.75) is 20.3 Å². The van der Waals surface area contributed by atoms with Crippen molar-refractivity contribution in [1.82, 2.24) is 0 Å². The van der Waals surface area contributed by atoms with Crippen LogP contribution in [-0.4, -0.2) is 11.1 Å². The number of carboxylic acids is 1. The molecule has 74 valence electrons. The summed E-state index contributed by atoms with van der Waals surface area (Å²) in [6.07, 6.45) is 2.00. The molecule has 1 rings (SSSR count). The second kappa shape index (κ2) is 4.61. The third kappa shape index (κ3) is 3.44. The van der Waals surface area contributed by atoms with Crippen LogP contribution in [0.5, 0.6) is 0 Å². The standard InChI is InChI=1S/C12H14O2/c1-9-3-5-11(6-4-9)7-10(2)8-12(13)14/h3-7H,8H2,1-2H3,(H,13,14)/b10-7-. The van der Waals surface area contributed by atoms with E-state index in [0.29, 0.717) is 0 Å². The van der Waals surface area contributed by atoms with Gasteiger partial charge in [0.2, 0.25) is 0 Å². The molecule has 0 aromatic heterocycles. The minimum absolute atomic E-state index is 0.105. The summed E-state index contributed by atoms with van der Waals surface area (Å²) in [5.41, 5.74) is 3.12. The fourth-order valence-corrected chi connectivity index (χ4v) is 1.24. The highest BCUT2D eigenvalue weighted by atomic mass is 16.4. The van der Waals surface area contributed by atoms with E-state index in [4.69, 9.17) is 5.11 Å². The first-order chi connectivity index (χ1) is 6.58. The molecule has 0 unspecified atom stereocenters. The number of aryl methyl sites for hydroxylation is 1. The Morgan fingerprint density at radius 1 is 1.36 bits per heavy atom. The minimum atomic E-state index is -0.786. The smallest absolute Gasteiger partial charge is 0.307 e. The third-order valence-electron chi connectivity index (χ3n) is 1.92. The highest BCUT2D eigenvalue weighted by Gasteiger charge is 1.98. The van der Waals surface area contributed by atoms with Gasteiger partial charge in [0.15, 0.2) is 0 Å². The second-order valence-corrected chi connectivity index (χ2v) is 3.47. The summed E-state index contributed by atoms with van der Waals surface area (Å²) in [5, 5.41) is 8.57. The van der Waals surface area contributed by atoms with Gasteiger partial charge in [0.05, 0.1) is 6.42 Å². The van der Waals surface area contributed by atoms with Gasteiger partial charge in [-0.3, -0.25) is 4.79 Å². The van der Waals surface area contributed by atoms with Crippen molar-refractivity contribution in [1.29, 1.82) is 0 Å². The van der Waals surface area contributed by atoms with Gasteiger partial charge in [-0.1, -0.05) is 41.5 Å². The van der Waals surface area contributed by atoms with E-state index in [1.54, 1.807) is 0 Å². The molecule has 0 atom stereocenters. The Hall–Kier alpha value is -1.57. The van der Waals surface area contributed by atoms with Gasteiger partial charge in [0.25, 0.3) is 0 Å². The zero-order chi connectivity index (χ0) is 10.6. The first-order valence-electron chi connectivity index (χ1n) is 4.53. The topological polar surface area (TPSA) is 37.3 Å². The van der Waals surface area contributed by atoms with Crippen LogP contribution in [0.4, 0.5) is 0 Å². The number of rotatable bonds is 3. The molecule has 14 heavy (non-hydrogen) atoms. The summed E-state index contributed by atoms with van der Waals surface area (Å²) in [6, 6.07) is 8.00. The average molecular weight is 190 g/mol. The van der Waals surface area contributed by atoms with Crippen LogP contribution in [0.2, 0.25) is 0 Å². The van der Waals surface area contributed by atoms with E-state index < -0.39 is 5.97 Å². The van der Waals surface area contributed by atoms with Crippen molar-refractivity contribution in [2.75, 3.05) is 0 Å². The van der Waals surface area contributed by atoms with Crippen molar-refractivity contribution in [3.05, 3.63) is 41.0 Å². The monoisotopic (exact) mass is 190 g/mol. The summed E-state index contributed by atoms with van der Waals surface area (Å²) >= 11 is 0. The molecule has 0 aliphatic heterocycles. The van der Waals surface area contributed by atoms with Gasteiger partial charge in [0, 0.05) is 0 Å². The number of hydrogen-bond donors (Lipinski definition) is 1. The van der Waals surface area contributed by atoms with Crippen LogP contribution in [0.25, 0.3) is 6.08 Å². The van der Waals surface area contributed by atoms with Gasteiger partial charge in [-0.25, -0.2) is 0 Å². The molecule has 0 fully saturated rings. The van der Waals surface area contributed by atoms with Crippen LogP contribution in [0.1, 0.15) is 24.5 Å². The van der Waals surface area contributed by atoms with Crippen LogP contribution in [0.3, 0.4) is 0 Å². The van der Waals surface area contributed by atoms with E-state index in [1.165, 1.54) is 5.56 Å². The van der Waals surface area contributed by atoms with Gasteiger partial charge < -0.3 is 5.11 Å². The summed E-state index contributed by atoms with van der Waals surface area (Å²) in [7, 11) is 0. The Labute approximate surface area is 83.9 Å². The lowest BCUT2D eigenvalue weighted by molar-refractivity contribution is -0.136. The molecule has 0 saturated heterocycles. The van der Waals surface area contributed by atoms with Crippen LogP contribution in [0, 0.1) is 6.92 Å². The molecule has 0 aliphatic carbocycles. The molecular weight excluding hydrogens is 176 g/mol. The molecular formula is C12H14O2. The predicted octanol–water partition coefficient (Wildman–Crippen LogP) is 2.87. The van der Waals surface area contributed by atoms with Gasteiger partial charge in [0.1, 0.15) is 0 Å². The highest BCUT2D eigenvalue weighted by molar-refractivity contribution is 5.72. The normalized spacial score (nSPS) is 11.4. The third-order valence-corrected chi connectivity index (χ3v) is 1.92. The molecule has 0 heterocycles. The quantitative estimate of drug-likeness (QED) is 0.795. The Balaban J connectivity index is 2.76. The number of hydrogen-bond acceptors (Lipinski definition) is 1. The van der Waals surface area contributed by atoms with Crippen molar-refractivity contribution in [2.24, 2.45) is 0 Å². The van der Waals surface area contributed by atoms with Gasteiger partial charge in [-0.05, 0) is 19.4 Å². The number of aliphatic carboxylic acids is 1. The maximum atomic E-state index is 10.4. The van der Waals surface area contributed by atoms with Crippen molar-refractivity contribution < 1.29 is 9.90 Å². The van der Waals surface area contributed by atoms with Gasteiger partial charge >= 0.3 is 5.97 Å². The van der Waals surface area contributed by atoms with Crippen molar-refractivity contribution in [3.63, 3.8) is 0 Å². The molecule has 1 N–H and O–H groups in total. The van der Waals surface area contributed by atoms with E-state index in [0.717, 1.165) is 11.1 Å². The van der Waals surface area contributed by atoms with Crippen LogP contribution < -0.4 is 0 Å². The zero-order valence-corrected chi connectivity index (χ0v) is 8.45. The molecule has 2 nitrogen and oxygen atoms in total. The lowest BCUT2D eigenvalue weighted by Crippen LogP contribution is -1.94. The molecule has 0 radical (unpaired) electrons. The number of carboxylic acid groups (broad SMARTS) is 1. The molecule has 0 aliphatic rings. The summed E-state index contributed by atoms with van der Waals surface area (Å²) < 4.78 is 0. The van der Waals surface area contributed by atoms with E-state index in [9.17, 15) is 4.79 Å². The van der Waals surface area contributed by atoms with Gasteiger partial charge in [-0.2, -0.15) is 0 Å². The molecule has 0 saturated carbocycles. The van der Waals surface area contributed by atoms with Crippen LogP contribution >= 0.6 is 0 Å². The lowest BCUT2D eigenvalue weighted by atomic mass is 10.1. The molecule has 2 heteroatoms. The Bertz CT molecular complexity index is 347. The first-order valence-corrected chi connectivity index (χ1v) is 4.53. The van der Waals surface area contributed by atoms with Crippen molar-refractivity contribution in [3.8, 4) is 0 Å². The highest BCUT2D eigenvalue weighted by Crippen LogP contribution is 2.10. The summed E-state index contributed by atoms with van der Waals surface area (Å²) in [6.45, 7) is 3.85. The van der Waals surface area contributed by atoms with E-state index in [1.807, 2.05) is 44.2 Å². The van der Waals surface area contributed by atoms with E-state index in [-0.39, 0.29) is 6.42 Å². The molecule has 1 aromatic carbocycles. The fourth-order valence-electron chi connectivity index (χ4n) is 1.24. The Morgan fingerprint density at radius 2 is 1.93 bits per heavy atom. The maximum Gasteiger partial charge on any atom is 0.307 e. The Kier molecular flexibility index (Phi) is 3.46. The Morgan fingerprint density at radius 3 is 2.43 bits per heavy atom. The average Bonchev–Trinajstić information content (AvgIpc) is 2.07. The lowest BCUT2D eigenvalue weighted by Gasteiger charge is -1.98. The van der Waals surface area contributed by atoms with Crippen LogP contribution in [0.15, 0.2) is 29.8 Å². The second-order valence-electron chi connectivity index (χ2n) is 3.47. The molecule has 0 bridgehead atoms. The molecule has 0 amide bonds. The number of benzene rings is 1. The van der Waals surface area contributed by atoms with E-state index in [2.05, 4.69) is 0 Å². The van der Waals surface area contributed by atoms with Crippen LogP contribution in [-0.2, 0) is 4.79 Å². The summed E-state index contributed by atoms with van der Waals surface area (Å²) in [4.78, 5) is 10.4. The molecule has 1 aromatic rings. The minimum Gasteiger partial charge on any atom is -0.481 e. The predicted molar refractivity (Wildman–Crippen MR) is 57.1 cm³/mol. The number of carbonyl (C=O) groups is 1. The van der Waals surface area contributed by atoms with Crippen molar-refractivity contribution >= 4 is 12.0 Å². The largest absolute Gasteiger partial charge is 0.481 e. The maximum absolute atomic E-state index is 10.4. The zero-order valence-electron chi connectivity index (χ0n) is 8.45. The first kappa shape index (κ1) is 10.5. The van der Waals surface area contributed by atoms with E-state index >= 15 is 0 Å². The SMILES string of the molecule is C/C(=C/c1ccc(C)cc1)CC(=O)O. The fraction of sp³-hybridized carbons (Fsp3) is 0.250.